The van der Waals surface area contributed by atoms with Crippen LogP contribution in [0.5, 0.6) is 0 Å². The van der Waals surface area contributed by atoms with Crippen LogP contribution in [0.1, 0.15) is 37.8 Å². The number of rotatable bonds is 5. The molecule has 1 amide bonds. The van der Waals surface area contributed by atoms with Crippen molar-refractivity contribution in [2.75, 3.05) is 6.54 Å². The van der Waals surface area contributed by atoms with Crippen LogP contribution in [-0.4, -0.2) is 28.8 Å². The smallest absolute Gasteiger partial charge is 0.226 e. The molecule has 1 aliphatic carbocycles. The van der Waals surface area contributed by atoms with Crippen molar-refractivity contribution in [1.29, 1.82) is 0 Å². The summed E-state index contributed by atoms with van der Waals surface area (Å²) in [4.78, 5) is 11.6. The zero-order chi connectivity index (χ0) is 12.8. The van der Waals surface area contributed by atoms with Crippen molar-refractivity contribution >= 4 is 5.91 Å². The van der Waals surface area contributed by atoms with Crippen molar-refractivity contribution in [2.45, 2.75) is 44.6 Å². The monoisotopic (exact) mass is 252 g/mol. The van der Waals surface area contributed by atoms with E-state index in [9.17, 15) is 9.90 Å². The quantitative estimate of drug-likeness (QED) is 0.827. The van der Waals surface area contributed by atoms with Gasteiger partial charge in [-0.1, -0.05) is 24.4 Å². The molecule has 18 heavy (non-hydrogen) atoms. The van der Waals surface area contributed by atoms with Gasteiger partial charge in [0.2, 0.25) is 5.91 Å². The molecule has 2 rings (SSSR count). The highest BCUT2D eigenvalue weighted by molar-refractivity contribution is 5.78. The first-order valence-electron chi connectivity index (χ1n) is 6.59. The fraction of sp³-hybridized carbons (Fsp3) is 0.692. The fourth-order valence-corrected chi connectivity index (χ4v) is 2.46. The van der Waals surface area contributed by atoms with E-state index >= 15 is 0 Å². The molecular formula is C13H20N2O3. The van der Waals surface area contributed by atoms with E-state index in [0.717, 1.165) is 12.8 Å². The Labute approximate surface area is 107 Å². The number of aliphatic hydroxyl groups excluding tert-OH is 1. The second-order valence-electron chi connectivity index (χ2n) is 4.94. The second kappa shape index (κ2) is 6.54. The van der Waals surface area contributed by atoms with E-state index in [4.69, 9.17) is 0 Å². The summed E-state index contributed by atoms with van der Waals surface area (Å²) in [6.45, 7) is 0.335. The van der Waals surface area contributed by atoms with Gasteiger partial charge in [-0.05, 0) is 18.8 Å². The lowest BCUT2D eigenvalue weighted by molar-refractivity contribution is -0.121. The summed E-state index contributed by atoms with van der Waals surface area (Å²) < 4.78 is 4.66. The van der Waals surface area contributed by atoms with Gasteiger partial charge in [-0.2, -0.15) is 0 Å². The average molecular weight is 252 g/mol. The molecule has 1 aliphatic rings. The molecule has 1 unspecified atom stereocenters. The van der Waals surface area contributed by atoms with Gasteiger partial charge in [-0.3, -0.25) is 4.79 Å². The molecular weight excluding hydrogens is 232 g/mol. The highest BCUT2D eigenvalue weighted by Gasteiger charge is 2.21. The second-order valence-corrected chi connectivity index (χ2v) is 4.94. The Bertz CT molecular complexity index is 358. The summed E-state index contributed by atoms with van der Waals surface area (Å²) in [5, 5.41) is 16.4. The first kappa shape index (κ1) is 13.1. The summed E-state index contributed by atoms with van der Waals surface area (Å²) in [5.41, 5.74) is 0.611. The molecule has 1 saturated carbocycles. The van der Waals surface area contributed by atoms with Crippen molar-refractivity contribution in [1.82, 2.24) is 10.5 Å². The first-order chi connectivity index (χ1) is 8.75. The number of carbonyl (C=O) groups is 1. The van der Waals surface area contributed by atoms with Crippen LogP contribution in [0, 0.1) is 5.92 Å². The van der Waals surface area contributed by atoms with Crippen molar-refractivity contribution in [2.24, 2.45) is 5.92 Å². The Morgan fingerprint density at radius 3 is 2.94 bits per heavy atom. The molecule has 0 radical (unpaired) electrons. The van der Waals surface area contributed by atoms with E-state index in [1.54, 1.807) is 6.07 Å². The molecule has 0 saturated heterocycles. The number of aliphatic hydroxyl groups is 1. The van der Waals surface area contributed by atoms with Crippen LogP contribution >= 0.6 is 0 Å². The Morgan fingerprint density at radius 2 is 2.28 bits per heavy atom. The zero-order valence-corrected chi connectivity index (χ0v) is 10.5. The van der Waals surface area contributed by atoms with E-state index in [1.165, 1.54) is 25.5 Å². The molecule has 5 nitrogen and oxygen atoms in total. The third-order valence-corrected chi connectivity index (χ3v) is 3.54. The molecule has 5 heteroatoms. The van der Waals surface area contributed by atoms with E-state index in [2.05, 4.69) is 15.0 Å². The highest BCUT2D eigenvalue weighted by Crippen LogP contribution is 2.26. The molecule has 0 aromatic carbocycles. The van der Waals surface area contributed by atoms with Crippen LogP contribution in [0.25, 0.3) is 0 Å². The van der Waals surface area contributed by atoms with Crippen LogP contribution in [0.4, 0.5) is 0 Å². The third-order valence-electron chi connectivity index (χ3n) is 3.54. The van der Waals surface area contributed by atoms with Gasteiger partial charge in [0.05, 0.1) is 18.2 Å². The summed E-state index contributed by atoms with van der Waals surface area (Å²) in [5.74, 6) is 0.213. The van der Waals surface area contributed by atoms with E-state index in [1.807, 2.05) is 0 Å². The minimum Gasteiger partial charge on any atom is -0.391 e. The molecule has 0 spiro atoms. The number of aromatic nitrogens is 1. The van der Waals surface area contributed by atoms with Crippen molar-refractivity contribution in [3.63, 3.8) is 0 Å². The summed E-state index contributed by atoms with van der Waals surface area (Å²) in [6, 6.07) is 1.66. The molecule has 1 aromatic rings. The molecule has 0 aliphatic heterocycles. The molecule has 1 aromatic heterocycles. The SMILES string of the molecule is O=C(Cc1ccon1)NCC(O)C1CCCCC1. The zero-order valence-electron chi connectivity index (χ0n) is 10.5. The molecule has 0 bridgehead atoms. The number of nitrogens with zero attached hydrogens (tertiary/aromatic N) is 1. The topological polar surface area (TPSA) is 75.4 Å². The van der Waals surface area contributed by atoms with Crippen molar-refractivity contribution < 1.29 is 14.4 Å². The summed E-state index contributed by atoms with van der Waals surface area (Å²) in [6.07, 6.45) is 7.01. The minimum absolute atomic E-state index is 0.126. The van der Waals surface area contributed by atoms with E-state index in [-0.39, 0.29) is 12.3 Å². The van der Waals surface area contributed by atoms with Gasteiger partial charge >= 0.3 is 0 Å². The molecule has 1 atom stereocenters. The molecule has 100 valence electrons. The maximum Gasteiger partial charge on any atom is 0.226 e. The number of nitrogens with one attached hydrogen (secondary N) is 1. The van der Waals surface area contributed by atoms with Gasteiger partial charge in [0, 0.05) is 12.6 Å². The number of hydrogen-bond donors (Lipinski definition) is 2. The highest BCUT2D eigenvalue weighted by atomic mass is 16.5. The van der Waals surface area contributed by atoms with Gasteiger partial charge in [-0.25, -0.2) is 0 Å². The number of amides is 1. The minimum atomic E-state index is -0.424. The molecule has 1 fully saturated rings. The maximum atomic E-state index is 11.6. The third kappa shape index (κ3) is 3.84. The Balaban J connectivity index is 1.68. The van der Waals surface area contributed by atoms with Gasteiger partial charge in [0.15, 0.2) is 0 Å². The molecule has 2 N–H and O–H groups in total. The maximum absolute atomic E-state index is 11.6. The lowest BCUT2D eigenvalue weighted by Crippen LogP contribution is -2.37. The van der Waals surface area contributed by atoms with Gasteiger partial charge < -0.3 is 14.9 Å². The summed E-state index contributed by atoms with van der Waals surface area (Å²) in [7, 11) is 0. The van der Waals surface area contributed by atoms with Crippen LogP contribution in [0.15, 0.2) is 16.9 Å². The lowest BCUT2D eigenvalue weighted by atomic mass is 9.85. The summed E-state index contributed by atoms with van der Waals surface area (Å²) >= 11 is 0. The van der Waals surface area contributed by atoms with Crippen LogP contribution < -0.4 is 5.32 Å². The Kier molecular flexibility index (Phi) is 4.75. The number of carbonyl (C=O) groups excluding carboxylic acids is 1. The van der Waals surface area contributed by atoms with Crippen LogP contribution in [0.3, 0.4) is 0 Å². The van der Waals surface area contributed by atoms with Gasteiger partial charge in [0.1, 0.15) is 6.26 Å². The standard InChI is InChI=1S/C13H20N2O3/c16-12(10-4-2-1-3-5-10)9-14-13(17)8-11-6-7-18-15-11/h6-7,10,12,16H,1-5,8-9H2,(H,14,17). The van der Waals surface area contributed by atoms with Crippen LogP contribution in [-0.2, 0) is 11.2 Å². The Hall–Kier alpha value is -1.36. The van der Waals surface area contributed by atoms with Crippen LogP contribution in [0.2, 0.25) is 0 Å². The predicted octanol–water partition coefficient (Wildman–Crippen LogP) is 1.27. The molecule has 1 heterocycles. The normalized spacial score (nSPS) is 18.5. The largest absolute Gasteiger partial charge is 0.391 e. The fourth-order valence-electron chi connectivity index (χ4n) is 2.46. The number of hydrogen-bond acceptors (Lipinski definition) is 4. The van der Waals surface area contributed by atoms with Gasteiger partial charge in [-0.15, -0.1) is 0 Å². The Morgan fingerprint density at radius 1 is 1.50 bits per heavy atom. The first-order valence-corrected chi connectivity index (χ1v) is 6.59. The van der Waals surface area contributed by atoms with Crippen molar-refractivity contribution in [3.8, 4) is 0 Å². The average Bonchev–Trinajstić information content (AvgIpc) is 2.90. The van der Waals surface area contributed by atoms with E-state index < -0.39 is 6.10 Å². The van der Waals surface area contributed by atoms with Crippen molar-refractivity contribution in [3.05, 3.63) is 18.0 Å². The lowest BCUT2D eigenvalue weighted by Gasteiger charge is -2.26. The predicted molar refractivity (Wildman–Crippen MR) is 65.8 cm³/mol. The van der Waals surface area contributed by atoms with E-state index in [0.29, 0.717) is 18.2 Å². The van der Waals surface area contributed by atoms with Gasteiger partial charge in [0.25, 0.3) is 0 Å².